The smallest absolute Gasteiger partial charge is 0.132 e. The molecule has 1 aliphatic carbocycles. The van der Waals surface area contributed by atoms with Crippen LogP contribution in [-0.4, -0.2) is 4.68 Å². The predicted molar refractivity (Wildman–Crippen MR) is 64.6 cm³/mol. The first kappa shape index (κ1) is 9.40. The highest BCUT2D eigenvalue weighted by Crippen LogP contribution is 2.34. The first-order valence-electron chi connectivity index (χ1n) is 5.58. The third-order valence-corrected chi connectivity index (χ3v) is 3.11. The van der Waals surface area contributed by atoms with Crippen molar-refractivity contribution in [3.63, 3.8) is 0 Å². The van der Waals surface area contributed by atoms with Gasteiger partial charge in [0.2, 0.25) is 6.20 Å². The van der Waals surface area contributed by atoms with Crippen LogP contribution in [-0.2, 0) is 7.05 Å². The maximum Gasteiger partial charge on any atom is 0.203 e. The minimum Gasteiger partial charge on any atom is -0.132 e. The predicted octanol–water partition coefficient (Wildman–Crippen LogP) is 2.61. The molecular formula is C14H15N2+. The minimum absolute atomic E-state index is 1.15. The van der Waals surface area contributed by atoms with Gasteiger partial charge in [-0.1, -0.05) is 30.3 Å². The van der Waals surface area contributed by atoms with E-state index in [1.54, 1.807) is 0 Å². The summed E-state index contributed by atoms with van der Waals surface area (Å²) in [6.07, 6.45) is 5.53. The zero-order valence-electron chi connectivity index (χ0n) is 9.64. The molecule has 2 heteroatoms. The van der Waals surface area contributed by atoms with Gasteiger partial charge in [0.15, 0.2) is 7.05 Å². The normalized spacial score (nSPS) is 14.4. The number of allylic oxidation sites excluding steroid dienone is 2. The molecule has 0 atom stereocenters. The molecule has 0 saturated heterocycles. The molecule has 0 amide bonds. The van der Waals surface area contributed by atoms with Gasteiger partial charge in [-0.15, -0.1) is 9.36 Å². The summed E-state index contributed by atoms with van der Waals surface area (Å²) in [6, 6.07) is 10.5. The fourth-order valence-electron chi connectivity index (χ4n) is 2.05. The SMILES string of the molecule is CC1=C(n2cc(-c3ccccc3)c[n+]2C)C1. The zero-order chi connectivity index (χ0) is 11.1. The van der Waals surface area contributed by atoms with E-state index in [9.17, 15) is 0 Å². The van der Waals surface area contributed by atoms with E-state index in [0.717, 1.165) is 6.42 Å². The highest BCUT2D eigenvalue weighted by Gasteiger charge is 2.25. The second kappa shape index (κ2) is 3.34. The first-order chi connectivity index (χ1) is 7.75. The van der Waals surface area contributed by atoms with Gasteiger partial charge in [-0.2, -0.15) is 0 Å². The topological polar surface area (TPSA) is 8.81 Å². The molecule has 2 aromatic rings. The molecule has 1 aromatic carbocycles. The lowest BCUT2D eigenvalue weighted by Gasteiger charge is -1.91. The van der Waals surface area contributed by atoms with Crippen molar-refractivity contribution in [2.45, 2.75) is 13.3 Å². The van der Waals surface area contributed by atoms with Crippen LogP contribution in [0.2, 0.25) is 0 Å². The standard InChI is InChI=1S/C14H15N2/c1-11-8-14(11)16-10-13(9-15(16)2)12-6-4-3-5-7-12/h3-7,9-10H,8H2,1-2H3/q+1. The van der Waals surface area contributed by atoms with Gasteiger partial charge in [0.25, 0.3) is 0 Å². The number of nitrogens with zero attached hydrogens (tertiary/aromatic N) is 2. The Labute approximate surface area is 95.4 Å². The Balaban J connectivity index is 2.05. The van der Waals surface area contributed by atoms with Crippen molar-refractivity contribution in [1.82, 2.24) is 4.68 Å². The molecule has 0 saturated carbocycles. The van der Waals surface area contributed by atoms with Crippen molar-refractivity contribution >= 4 is 5.70 Å². The van der Waals surface area contributed by atoms with Gasteiger partial charge in [-0.25, -0.2) is 0 Å². The number of hydrogen-bond donors (Lipinski definition) is 0. The third-order valence-electron chi connectivity index (χ3n) is 3.11. The highest BCUT2D eigenvalue weighted by molar-refractivity contribution is 5.68. The monoisotopic (exact) mass is 211 g/mol. The first-order valence-corrected chi connectivity index (χ1v) is 5.58. The maximum absolute atomic E-state index is 2.23. The zero-order valence-corrected chi connectivity index (χ0v) is 9.64. The molecule has 0 fully saturated rings. The molecule has 0 radical (unpaired) electrons. The summed E-state index contributed by atoms with van der Waals surface area (Å²) in [5.74, 6) is 0. The average Bonchev–Trinajstić information content (AvgIpc) is 2.89. The lowest BCUT2D eigenvalue weighted by atomic mass is 10.1. The molecule has 0 aliphatic heterocycles. The van der Waals surface area contributed by atoms with E-state index in [2.05, 4.69) is 60.0 Å². The summed E-state index contributed by atoms with van der Waals surface area (Å²) >= 11 is 0. The van der Waals surface area contributed by atoms with Gasteiger partial charge in [0.05, 0.1) is 17.5 Å². The van der Waals surface area contributed by atoms with Crippen LogP contribution in [0.25, 0.3) is 16.8 Å². The summed E-state index contributed by atoms with van der Waals surface area (Å²) < 4.78 is 4.38. The molecule has 16 heavy (non-hydrogen) atoms. The summed E-state index contributed by atoms with van der Waals surface area (Å²) in [5, 5.41) is 0. The number of aromatic nitrogens is 2. The van der Waals surface area contributed by atoms with Gasteiger partial charge < -0.3 is 0 Å². The van der Waals surface area contributed by atoms with E-state index in [1.807, 2.05) is 6.07 Å². The molecule has 1 heterocycles. The third kappa shape index (κ3) is 1.47. The Morgan fingerprint density at radius 2 is 1.81 bits per heavy atom. The van der Waals surface area contributed by atoms with E-state index in [0.29, 0.717) is 0 Å². The minimum atomic E-state index is 1.15. The number of rotatable bonds is 2. The molecule has 1 aliphatic rings. The van der Waals surface area contributed by atoms with Crippen LogP contribution in [0.15, 0.2) is 48.3 Å². The van der Waals surface area contributed by atoms with Crippen LogP contribution >= 0.6 is 0 Å². The molecule has 0 bridgehead atoms. The summed E-state index contributed by atoms with van der Waals surface area (Å²) in [7, 11) is 2.09. The number of hydrogen-bond acceptors (Lipinski definition) is 0. The Morgan fingerprint density at radius 1 is 1.12 bits per heavy atom. The van der Waals surface area contributed by atoms with Gasteiger partial charge in [0, 0.05) is 6.42 Å². The van der Waals surface area contributed by atoms with Crippen molar-refractivity contribution in [2.24, 2.45) is 7.05 Å². The van der Waals surface area contributed by atoms with E-state index in [1.165, 1.54) is 22.4 Å². The second-order valence-electron chi connectivity index (χ2n) is 4.40. The maximum atomic E-state index is 2.23. The molecule has 2 nitrogen and oxygen atoms in total. The van der Waals surface area contributed by atoms with Crippen molar-refractivity contribution in [3.05, 3.63) is 48.3 Å². The Kier molecular flexibility index (Phi) is 1.96. The largest absolute Gasteiger partial charge is 0.203 e. The van der Waals surface area contributed by atoms with Crippen molar-refractivity contribution in [1.29, 1.82) is 0 Å². The molecule has 0 N–H and O–H groups in total. The van der Waals surface area contributed by atoms with Crippen LogP contribution in [0.5, 0.6) is 0 Å². The van der Waals surface area contributed by atoms with Crippen LogP contribution in [0.4, 0.5) is 0 Å². The fourth-order valence-corrected chi connectivity index (χ4v) is 2.05. The van der Waals surface area contributed by atoms with Crippen LogP contribution < -0.4 is 4.68 Å². The van der Waals surface area contributed by atoms with Gasteiger partial charge in [-0.3, -0.25) is 0 Å². The van der Waals surface area contributed by atoms with Crippen LogP contribution in [0.3, 0.4) is 0 Å². The average molecular weight is 211 g/mol. The van der Waals surface area contributed by atoms with Gasteiger partial charge in [0.1, 0.15) is 0 Å². The Bertz CT molecular complexity index is 562. The van der Waals surface area contributed by atoms with Crippen molar-refractivity contribution in [2.75, 3.05) is 0 Å². The molecule has 3 rings (SSSR count). The van der Waals surface area contributed by atoms with E-state index < -0.39 is 0 Å². The van der Waals surface area contributed by atoms with Gasteiger partial charge >= 0.3 is 0 Å². The lowest BCUT2D eigenvalue weighted by molar-refractivity contribution is -0.742. The Morgan fingerprint density at radius 3 is 2.44 bits per heavy atom. The molecular weight excluding hydrogens is 196 g/mol. The number of aryl methyl sites for hydroxylation is 1. The van der Waals surface area contributed by atoms with Gasteiger partial charge in [-0.05, 0) is 18.1 Å². The van der Waals surface area contributed by atoms with E-state index >= 15 is 0 Å². The molecule has 1 aromatic heterocycles. The van der Waals surface area contributed by atoms with Crippen molar-refractivity contribution in [3.8, 4) is 11.1 Å². The Hall–Kier alpha value is -1.83. The molecule has 0 unspecified atom stereocenters. The summed E-state index contributed by atoms with van der Waals surface area (Å²) in [6.45, 7) is 2.19. The summed E-state index contributed by atoms with van der Waals surface area (Å²) in [4.78, 5) is 0. The summed E-state index contributed by atoms with van der Waals surface area (Å²) in [5.41, 5.74) is 5.47. The van der Waals surface area contributed by atoms with Crippen molar-refractivity contribution < 1.29 is 4.68 Å². The quantitative estimate of drug-likeness (QED) is 0.675. The highest BCUT2D eigenvalue weighted by atomic mass is 15.4. The molecule has 0 spiro atoms. The lowest BCUT2D eigenvalue weighted by Crippen LogP contribution is -2.35. The number of benzene rings is 1. The fraction of sp³-hybridized carbons (Fsp3) is 0.214. The van der Waals surface area contributed by atoms with Crippen LogP contribution in [0, 0.1) is 0 Å². The van der Waals surface area contributed by atoms with Crippen LogP contribution in [0.1, 0.15) is 13.3 Å². The van der Waals surface area contributed by atoms with E-state index in [-0.39, 0.29) is 0 Å². The van der Waals surface area contributed by atoms with E-state index in [4.69, 9.17) is 0 Å². The molecule has 80 valence electrons. The second-order valence-corrected chi connectivity index (χ2v) is 4.40.